The van der Waals surface area contributed by atoms with Crippen molar-refractivity contribution in [3.05, 3.63) is 185 Å². The smallest absolute Gasteiger partial charge is 0.0540 e. The van der Waals surface area contributed by atoms with E-state index in [2.05, 4.69) is 226 Å². The van der Waals surface area contributed by atoms with Crippen molar-refractivity contribution in [3.8, 4) is 44.5 Å². The molecule has 1 heteroatoms. The SMILES string of the molecule is CC(C)(C)c1ccc(-c2cc(C(C)(C)C)ccc2-c2ccccc2N(c2ccc3c(c2)C(C)(C)c2ccccc2-3)c2ccc3c(c2)C(C)(C)c2ccccc2-3)cc1. The maximum atomic E-state index is 2.53. The average Bonchev–Trinajstić information content (AvgIpc) is 3.56. The first-order chi connectivity index (χ1) is 27.0. The highest BCUT2D eigenvalue weighted by Gasteiger charge is 2.38. The van der Waals surface area contributed by atoms with Gasteiger partial charge in [-0.25, -0.2) is 0 Å². The molecule has 0 saturated carbocycles. The fourth-order valence-electron chi connectivity index (χ4n) is 9.62. The van der Waals surface area contributed by atoms with Gasteiger partial charge in [0.05, 0.1) is 5.69 Å². The molecule has 0 saturated heterocycles. The fourth-order valence-corrected chi connectivity index (χ4v) is 9.62. The number of hydrogen-bond acceptors (Lipinski definition) is 1. The topological polar surface area (TPSA) is 3.24 Å². The molecule has 0 spiro atoms. The maximum Gasteiger partial charge on any atom is 0.0540 e. The van der Waals surface area contributed by atoms with Gasteiger partial charge >= 0.3 is 0 Å². The summed E-state index contributed by atoms with van der Waals surface area (Å²) in [5.41, 5.74) is 21.8. The summed E-state index contributed by atoms with van der Waals surface area (Å²) in [6.45, 7) is 23.3. The van der Waals surface area contributed by atoms with Gasteiger partial charge in [-0.15, -0.1) is 0 Å². The fraction of sp³-hybridized carbons (Fsp3) is 0.250. The Labute approximate surface area is 341 Å². The highest BCUT2D eigenvalue weighted by atomic mass is 15.1. The molecular formula is C56H55N. The zero-order valence-corrected chi connectivity index (χ0v) is 35.4. The van der Waals surface area contributed by atoms with Crippen LogP contribution in [0.15, 0.2) is 152 Å². The largest absolute Gasteiger partial charge is 0.310 e. The number of anilines is 3. The Morgan fingerprint density at radius 2 is 0.772 bits per heavy atom. The van der Waals surface area contributed by atoms with Crippen molar-refractivity contribution < 1.29 is 0 Å². The van der Waals surface area contributed by atoms with E-state index < -0.39 is 0 Å². The van der Waals surface area contributed by atoms with E-state index in [4.69, 9.17) is 0 Å². The van der Waals surface area contributed by atoms with E-state index in [9.17, 15) is 0 Å². The molecule has 7 aromatic carbocycles. The van der Waals surface area contributed by atoms with E-state index in [0.29, 0.717) is 0 Å². The molecule has 0 atom stereocenters. The standard InChI is InChI=1S/C56H55N/c1-53(2,3)37-25-23-36(24-26-37)47-33-38(54(4,5)6)27-30-41(47)46-19-13-16-22-52(46)57(39-28-31-44-42-17-11-14-20-48(42)55(7,8)50(44)34-39)40-29-32-45-43-18-12-15-21-49(43)56(9,10)51(45)35-40/h11-35H,1-10H3. The Hall–Kier alpha value is -5.66. The third-order valence-electron chi connectivity index (χ3n) is 13.0. The molecule has 0 unspecified atom stereocenters. The van der Waals surface area contributed by atoms with Gasteiger partial charge in [-0.05, 0) is 113 Å². The van der Waals surface area contributed by atoms with E-state index in [0.717, 1.165) is 17.1 Å². The number of hydrogen-bond donors (Lipinski definition) is 0. The second kappa shape index (κ2) is 12.9. The van der Waals surface area contributed by atoms with Crippen LogP contribution in [0.25, 0.3) is 44.5 Å². The molecule has 0 radical (unpaired) electrons. The summed E-state index contributed by atoms with van der Waals surface area (Å²) in [6.07, 6.45) is 0. The number of fused-ring (bicyclic) bond motifs is 6. The monoisotopic (exact) mass is 741 g/mol. The van der Waals surface area contributed by atoms with Crippen LogP contribution in [0.2, 0.25) is 0 Å². The molecule has 7 aromatic rings. The molecule has 9 rings (SSSR count). The first-order valence-electron chi connectivity index (χ1n) is 20.7. The Kier molecular flexibility index (Phi) is 8.38. The number of rotatable bonds is 5. The second-order valence-corrected chi connectivity index (χ2v) is 19.5. The average molecular weight is 742 g/mol. The molecule has 284 valence electrons. The lowest BCUT2D eigenvalue weighted by Crippen LogP contribution is -2.18. The molecule has 0 amide bonds. The van der Waals surface area contributed by atoms with E-state index in [1.807, 2.05) is 0 Å². The van der Waals surface area contributed by atoms with Crippen molar-refractivity contribution in [1.82, 2.24) is 0 Å². The first kappa shape index (κ1) is 36.9. The van der Waals surface area contributed by atoms with E-state index in [1.54, 1.807) is 0 Å². The van der Waals surface area contributed by atoms with E-state index >= 15 is 0 Å². The van der Waals surface area contributed by atoms with E-state index in [1.165, 1.54) is 77.9 Å². The van der Waals surface area contributed by atoms with Crippen molar-refractivity contribution in [2.45, 2.75) is 90.9 Å². The summed E-state index contributed by atoms with van der Waals surface area (Å²) < 4.78 is 0. The lowest BCUT2D eigenvalue weighted by molar-refractivity contribution is 0.590. The summed E-state index contributed by atoms with van der Waals surface area (Å²) in [4.78, 5) is 2.53. The van der Waals surface area contributed by atoms with Crippen LogP contribution < -0.4 is 4.90 Å². The van der Waals surface area contributed by atoms with Gasteiger partial charge in [-0.1, -0.05) is 191 Å². The summed E-state index contributed by atoms with van der Waals surface area (Å²) in [5.74, 6) is 0. The zero-order valence-electron chi connectivity index (χ0n) is 35.4. The first-order valence-corrected chi connectivity index (χ1v) is 20.7. The molecule has 0 aromatic heterocycles. The quantitative estimate of drug-likeness (QED) is 0.170. The van der Waals surface area contributed by atoms with Gasteiger partial charge in [0.1, 0.15) is 0 Å². The summed E-state index contributed by atoms with van der Waals surface area (Å²) in [5, 5.41) is 0. The van der Waals surface area contributed by atoms with Gasteiger partial charge in [-0.3, -0.25) is 0 Å². The molecule has 0 aliphatic heterocycles. The Balaban J connectivity index is 1.28. The molecule has 57 heavy (non-hydrogen) atoms. The highest BCUT2D eigenvalue weighted by molar-refractivity contribution is 5.96. The number of benzene rings is 7. The van der Waals surface area contributed by atoms with Gasteiger partial charge in [-0.2, -0.15) is 0 Å². The molecule has 0 bridgehead atoms. The zero-order chi connectivity index (χ0) is 40.1. The van der Waals surface area contributed by atoms with Gasteiger partial charge in [0.15, 0.2) is 0 Å². The number of para-hydroxylation sites is 1. The van der Waals surface area contributed by atoms with E-state index in [-0.39, 0.29) is 21.7 Å². The minimum Gasteiger partial charge on any atom is -0.310 e. The van der Waals surface area contributed by atoms with Gasteiger partial charge in [0.2, 0.25) is 0 Å². The molecule has 2 aliphatic carbocycles. The maximum absolute atomic E-state index is 2.53. The molecule has 1 nitrogen and oxygen atoms in total. The minimum absolute atomic E-state index is 0.00772. The van der Waals surface area contributed by atoms with Gasteiger partial charge < -0.3 is 4.90 Å². The third kappa shape index (κ3) is 5.97. The van der Waals surface area contributed by atoms with Crippen LogP contribution in [0, 0.1) is 0 Å². The van der Waals surface area contributed by atoms with Gasteiger partial charge in [0.25, 0.3) is 0 Å². The summed E-state index contributed by atoms with van der Waals surface area (Å²) in [6, 6.07) is 57.7. The summed E-state index contributed by atoms with van der Waals surface area (Å²) >= 11 is 0. The number of nitrogens with zero attached hydrogens (tertiary/aromatic N) is 1. The van der Waals surface area contributed by atoms with Gasteiger partial charge in [0, 0.05) is 27.8 Å². The normalized spacial score (nSPS) is 14.8. The molecule has 0 heterocycles. The van der Waals surface area contributed by atoms with Crippen LogP contribution in [0.1, 0.15) is 103 Å². The Morgan fingerprint density at radius 3 is 1.28 bits per heavy atom. The molecule has 2 aliphatic rings. The second-order valence-electron chi connectivity index (χ2n) is 19.5. The van der Waals surface area contributed by atoms with Crippen LogP contribution >= 0.6 is 0 Å². The lowest BCUT2D eigenvalue weighted by Gasteiger charge is -2.31. The highest BCUT2D eigenvalue weighted by Crippen LogP contribution is 2.54. The van der Waals surface area contributed by atoms with Crippen molar-refractivity contribution >= 4 is 17.1 Å². The minimum atomic E-state index is -0.121. The molecular weight excluding hydrogens is 687 g/mol. The Morgan fingerprint density at radius 1 is 0.351 bits per heavy atom. The van der Waals surface area contributed by atoms with Crippen LogP contribution in [-0.4, -0.2) is 0 Å². The van der Waals surface area contributed by atoms with Crippen LogP contribution in [-0.2, 0) is 21.7 Å². The predicted octanol–water partition coefficient (Wildman–Crippen LogP) is 15.7. The van der Waals surface area contributed by atoms with Crippen molar-refractivity contribution in [2.24, 2.45) is 0 Å². The molecule has 0 N–H and O–H groups in total. The summed E-state index contributed by atoms with van der Waals surface area (Å²) in [7, 11) is 0. The van der Waals surface area contributed by atoms with Crippen LogP contribution in [0.4, 0.5) is 17.1 Å². The third-order valence-corrected chi connectivity index (χ3v) is 13.0. The van der Waals surface area contributed by atoms with Crippen molar-refractivity contribution in [3.63, 3.8) is 0 Å². The van der Waals surface area contributed by atoms with Crippen molar-refractivity contribution in [1.29, 1.82) is 0 Å². The predicted molar refractivity (Wildman–Crippen MR) is 245 cm³/mol. The van der Waals surface area contributed by atoms with Crippen LogP contribution in [0.5, 0.6) is 0 Å². The molecule has 0 fully saturated rings. The lowest BCUT2D eigenvalue weighted by atomic mass is 9.81. The van der Waals surface area contributed by atoms with Crippen LogP contribution in [0.3, 0.4) is 0 Å². The van der Waals surface area contributed by atoms with Crippen molar-refractivity contribution in [2.75, 3.05) is 4.90 Å². The Bertz CT molecular complexity index is 2580.